The molecule has 0 aliphatic carbocycles. The summed E-state index contributed by atoms with van der Waals surface area (Å²) >= 11 is 0. The zero-order valence-electron chi connectivity index (χ0n) is 15.9. The molecule has 2 rings (SSSR count). The van der Waals surface area contributed by atoms with Crippen molar-refractivity contribution in [3.8, 4) is 0 Å². The van der Waals surface area contributed by atoms with Crippen molar-refractivity contribution in [3.05, 3.63) is 71.8 Å². The van der Waals surface area contributed by atoms with Crippen molar-refractivity contribution in [3.63, 3.8) is 0 Å². The predicted molar refractivity (Wildman–Crippen MR) is 109 cm³/mol. The Bertz CT molecular complexity index is 501. The highest BCUT2D eigenvalue weighted by Crippen LogP contribution is 2.04. The molecule has 0 spiro atoms. The van der Waals surface area contributed by atoms with Crippen LogP contribution in [0.5, 0.6) is 0 Å². The number of hydrogen-bond donors (Lipinski definition) is 2. The van der Waals surface area contributed by atoms with E-state index in [0.29, 0.717) is 12.1 Å². The van der Waals surface area contributed by atoms with Crippen LogP contribution < -0.4 is 10.6 Å². The maximum Gasteiger partial charge on any atom is 0.00791 e. The molecule has 0 radical (unpaired) electrons. The molecule has 136 valence electrons. The number of benzene rings is 2. The van der Waals surface area contributed by atoms with Gasteiger partial charge in [0.15, 0.2) is 0 Å². The van der Waals surface area contributed by atoms with Crippen molar-refractivity contribution in [2.24, 2.45) is 0 Å². The first-order valence-electron chi connectivity index (χ1n) is 9.78. The first kappa shape index (κ1) is 19.7. The third-order valence-electron chi connectivity index (χ3n) is 4.61. The Balaban J connectivity index is 1.45. The minimum absolute atomic E-state index is 0.548. The Morgan fingerprint density at radius 2 is 1.00 bits per heavy atom. The van der Waals surface area contributed by atoms with Crippen LogP contribution in [0, 0.1) is 0 Å². The summed E-state index contributed by atoms with van der Waals surface area (Å²) in [5.41, 5.74) is 2.83. The third-order valence-corrected chi connectivity index (χ3v) is 4.61. The summed E-state index contributed by atoms with van der Waals surface area (Å²) in [5, 5.41) is 7.29. The van der Waals surface area contributed by atoms with Gasteiger partial charge >= 0.3 is 0 Å². The molecule has 0 amide bonds. The minimum Gasteiger partial charge on any atom is -0.314 e. The van der Waals surface area contributed by atoms with Gasteiger partial charge in [-0.25, -0.2) is 0 Å². The van der Waals surface area contributed by atoms with Gasteiger partial charge in [0.25, 0.3) is 0 Å². The van der Waals surface area contributed by atoms with Gasteiger partial charge in [0.2, 0.25) is 0 Å². The van der Waals surface area contributed by atoms with E-state index in [4.69, 9.17) is 0 Å². The lowest BCUT2D eigenvalue weighted by Crippen LogP contribution is -2.30. The van der Waals surface area contributed by atoms with Gasteiger partial charge in [-0.1, -0.05) is 67.1 Å². The summed E-state index contributed by atoms with van der Waals surface area (Å²) < 4.78 is 0. The van der Waals surface area contributed by atoms with E-state index < -0.39 is 0 Å². The Morgan fingerprint density at radius 1 is 0.600 bits per heavy atom. The van der Waals surface area contributed by atoms with Crippen LogP contribution in [0.2, 0.25) is 0 Å². The molecule has 25 heavy (non-hydrogen) atoms. The first-order chi connectivity index (χ1) is 12.2. The fraction of sp³-hybridized carbons (Fsp3) is 0.478. The molecule has 0 aliphatic heterocycles. The van der Waals surface area contributed by atoms with Gasteiger partial charge in [0, 0.05) is 12.1 Å². The van der Waals surface area contributed by atoms with Crippen molar-refractivity contribution in [1.29, 1.82) is 0 Å². The van der Waals surface area contributed by atoms with Crippen molar-refractivity contribution in [2.45, 2.75) is 58.0 Å². The van der Waals surface area contributed by atoms with Crippen LogP contribution >= 0.6 is 0 Å². The second-order valence-corrected chi connectivity index (χ2v) is 7.15. The van der Waals surface area contributed by atoms with Gasteiger partial charge in [-0.3, -0.25) is 0 Å². The molecule has 0 bridgehead atoms. The highest BCUT2D eigenvalue weighted by Gasteiger charge is 2.03. The Labute approximate surface area is 154 Å². The lowest BCUT2D eigenvalue weighted by atomic mass is 10.1. The second-order valence-electron chi connectivity index (χ2n) is 7.15. The SMILES string of the molecule is C[C@H](Cc1ccccc1)NCCCCCN[C@@H](C)Cc1ccccc1. The lowest BCUT2D eigenvalue weighted by molar-refractivity contribution is 0.494. The number of unbranched alkanes of at least 4 members (excludes halogenated alkanes) is 2. The van der Waals surface area contributed by atoms with E-state index in [2.05, 4.69) is 85.1 Å². The monoisotopic (exact) mass is 338 g/mol. The van der Waals surface area contributed by atoms with Crippen LogP contribution in [-0.2, 0) is 12.8 Å². The van der Waals surface area contributed by atoms with Crippen molar-refractivity contribution in [1.82, 2.24) is 10.6 Å². The minimum atomic E-state index is 0.548. The average Bonchev–Trinajstić information content (AvgIpc) is 2.62. The lowest BCUT2D eigenvalue weighted by Gasteiger charge is -2.15. The first-order valence-corrected chi connectivity index (χ1v) is 9.78. The summed E-state index contributed by atoms with van der Waals surface area (Å²) in [5.74, 6) is 0. The molecule has 0 saturated heterocycles. The molecule has 2 nitrogen and oxygen atoms in total. The summed E-state index contributed by atoms with van der Waals surface area (Å²) in [7, 11) is 0. The molecule has 0 saturated carbocycles. The molecule has 0 unspecified atom stereocenters. The van der Waals surface area contributed by atoms with Crippen LogP contribution in [0.15, 0.2) is 60.7 Å². The molecule has 0 aromatic heterocycles. The molecule has 0 heterocycles. The summed E-state index contributed by atoms with van der Waals surface area (Å²) in [6.07, 6.45) is 6.02. The molecule has 2 aromatic rings. The van der Waals surface area contributed by atoms with Crippen molar-refractivity contribution >= 4 is 0 Å². The van der Waals surface area contributed by atoms with Gasteiger partial charge in [-0.2, -0.15) is 0 Å². The van der Waals surface area contributed by atoms with Crippen LogP contribution in [0.4, 0.5) is 0 Å². The molecule has 2 heteroatoms. The predicted octanol–water partition coefficient (Wildman–Crippen LogP) is 4.60. The molecule has 2 atom stereocenters. The topological polar surface area (TPSA) is 24.1 Å². The van der Waals surface area contributed by atoms with Gasteiger partial charge < -0.3 is 10.6 Å². The second kappa shape index (κ2) is 11.8. The fourth-order valence-corrected chi connectivity index (χ4v) is 3.20. The van der Waals surface area contributed by atoms with Gasteiger partial charge in [-0.05, 0) is 63.7 Å². The van der Waals surface area contributed by atoms with E-state index in [0.717, 1.165) is 25.9 Å². The van der Waals surface area contributed by atoms with Gasteiger partial charge in [-0.15, -0.1) is 0 Å². The third kappa shape index (κ3) is 8.85. The maximum absolute atomic E-state index is 3.64. The Hall–Kier alpha value is -1.64. The van der Waals surface area contributed by atoms with E-state index in [-0.39, 0.29) is 0 Å². The summed E-state index contributed by atoms with van der Waals surface area (Å²) in [6.45, 7) is 6.79. The molecule has 2 N–H and O–H groups in total. The van der Waals surface area contributed by atoms with E-state index in [1.54, 1.807) is 0 Å². The zero-order chi connectivity index (χ0) is 17.7. The standard InChI is InChI=1S/C23H34N2/c1-20(18-22-12-6-3-7-13-22)24-16-10-5-11-17-25-21(2)19-23-14-8-4-9-15-23/h3-4,6-9,12-15,20-21,24-25H,5,10-11,16-19H2,1-2H3/t20-,21+. The van der Waals surface area contributed by atoms with Crippen molar-refractivity contribution in [2.75, 3.05) is 13.1 Å². The summed E-state index contributed by atoms with van der Waals surface area (Å²) in [6, 6.07) is 22.6. The number of rotatable bonds is 12. The van der Waals surface area contributed by atoms with Crippen molar-refractivity contribution < 1.29 is 0 Å². The fourth-order valence-electron chi connectivity index (χ4n) is 3.20. The molecular formula is C23H34N2. The van der Waals surface area contributed by atoms with E-state index >= 15 is 0 Å². The van der Waals surface area contributed by atoms with E-state index in [9.17, 15) is 0 Å². The highest BCUT2D eigenvalue weighted by molar-refractivity contribution is 5.16. The normalized spacial score (nSPS) is 13.5. The van der Waals surface area contributed by atoms with E-state index in [1.807, 2.05) is 0 Å². The van der Waals surface area contributed by atoms with Crippen LogP contribution in [0.3, 0.4) is 0 Å². The van der Waals surface area contributed by atoms with Crippen LogP contribution in [-0.4, -0.2) is 25.2 Å². The highest BCUT2D eigenvalue weighted by atomic mass is 14.9. The largest absolute Gasteiger partial charge is 0.314 e. The van der Waals surface area contributed by atoms with Crippen LogP contribution in [0.1, 0.15) is 44.2 Å². The maximum atomic E-state index is 3.64. The van der Waals surface area contributed by atoms with Crippen LogP contribution in [0.25, 0.3) is 0 Å². The molecular weight excluding hydrogens is 304 g/mol. The van der Waals surface area contributed by atoms with Gasteiger partial charge in [0.05, 0.1) is 0 Å². The Kier molecular flexibility index (Phi) is 9.32. The summed E-state index contributed by atoms with van der Waals surface area (Å²) in [4.78, 5) is 0. The average molecular weight is 339 g/mol. The zero-order valence-corrected chi connectivity index (χ0v) is 15.9. The Morgan fingerprint density at radius 3 is 1.40 bits per heavy atom. The smallest absolute Gasteiger partial charge is 0.00791 e. The molecule has 0 aliphatic rings. The van der Waals surface area contributed by atoms with Gasteiger partial charge in [0.1, 0.15) is 0 Å². The number of nitrogens with one attached hydrogen (secondary N) is 2. The van der Waals surface area contributed by atoms with E-state index in [1.165, 1.54) is 30.4 Å². The molecule has 2 aromatic carbocycles. The quantitative estimate of drug-likeness (QED) is 0.553. The number of hydrogen-bond acceptors (Lipinski definition) is 2. The molecule has 0 fully saturated rings.